The molecule has 0 spiro atoms. The second-order valence-electron chi connectivity index (χ2n) is 6.11. The van der Waals surface area contributed by atoms with E-state index in [4.69, 9.17) is 0 Å². The molecule has 1 atom stereocenters. The molecule has 2 heterocycles. The Balaban J connectivity index is 1.85. The molecule has 3 rings (SSSR count). The van der Waals surface area contributed by atoms with Gasteiger partial charge in [0.25, 0.3) is 0 Å². The second kappa shape index (κ2) is 5.68. The van der Waals surface area contributed by atoms with Crippen LogP contribution in [0.3, 0.4) is 0 Å². The van der Waals surface area contributed by atoms with Crippen molar-refractivity contribution in [3.63, 3.8) is 0 Å². The molecule has 2 aliphatic heterocycles. The summed E-state index contributed by atoms with van der Waals surface area (Å²) in [7, 11) is 0.358. The molecular weight excluding hydrogens is 286 g/mol. The maximum Gasteiger partial charge on any atom is 0.243 e. The number of nitrogens with one attached hydrogen (secondary N) is 1. The van der Waals surface area contributed by atoms with Gasteiger partial charge in [-0.3, -0.25) is 0 Å². The largest absolute Gasteiger partial charge is 0.309 e. The van der Waals surface area contributed by atoms with Crippen LogP contribution < -0.4 is 5.32 Å². The number of hydrogen-bond donors (Lipinski definition) is 1. The lowest BCUT2D eigenvalue weighted by Crippen LogP contribution is -2.47. The Morgan fingerprint density at radius 3 is 2.81 bits per heavy atom. The zero-order valence-corrected chi connectivity index (χ0v) is 13.5. The van der Waals surface area contributed by atoms with Gasteiger partial charge in [0, 0.05) is 32.7 Å². The van der Waals surface area contributed by atoms with E-state index in [0.717, 1.165) is 44.6 Å². The number of nitrogens with zero attached hydrogens (tertiary/aromatic N) is 2. The quantitative estimate of drug-likeness (QED) is 0.905. The van der Waals surface area contributed by atoms with E-state index in [-0.39, 0.29) is 6.04 Å². The summed E-state index contributed by atoms with van der Waals surface area (Å²) in [5, 5.41) is 3.25. The standard InChI is InChI=1S/C15H23N3O2S/c1-17-7-3-4-14(11-17)18(2)21(19,20)15-6-5-12-9-16-10-13(12)8-15/h5-6,8,14,16H,3-4,7,9-11H2,1-2H3. The zero-order valence-electron chi connectivity index (χ0n) is 12.7. The van der Waals surface area contributed by atoms with Crippen molar-refractivity contribution in [2.45, 2.75) is 36.9 Å². The molecule has 1 fully saturated rings. The van der Waals surface area contributed by atoms with Gasteiger partial charge in [-0.25, -0.2) is 8.42 Å². The van der Waals surface area contributed by atoms with Gasteiger partial charge in [0.2, 0.25) is 10.0 Å². The Bertz CT molecular complexity index is 630. The highest BCUT2D eigenvalue weighted by atomic mass is 32.2. The van der Waals surface area contributed by atoms with Gasteiger partial charge in [-0.1, -0.05) is 6.07 Å². The first kappa shape index (κ1) is 15.0. The topological polar surface area (TPSA) is 52.7 Å². The summed E-state index contributed by atoms with van der Waals surface area (Å²) in [6, 6.07) is 5.57. The average molecular weight is 309 g/mol. The minimum absolute atomic E-state index is 0.0696. The summed E-state index contributed by atoms with van der Waals surface area (Å²) in [5.41, 5.74) is 2.30. The highest BCUT2D eigenvalue weighted by Crippen LogP contribution is 2.25. The summed E-state index contributed by atoms with van der Waals surface area (Å²) in [5.74, 6) is 0. The molecule has 6 heteroatoms. The van der Waals surface area contributed by atoms with Gasteiger partial charge in [-0.2, -0.15) is 4.31 Å². The Hall–Kier alpha value is -0.950. The number of piperidine rings is 1. The van der Waals surface area contributed by atoms with Crippen LogP contribution in [0.2, 0.25) is 0 Å². The monoisotopic (exact) mass is 309 g/mol. The van der Waals surface area contributed by atoms with E-state index < -0.39 is 10.0 Å². The molecule has 1 N–H and O–H groups in total. The van der Waals surface area contributed by atoms with Crippen LogP contribution in [0.1, 0.15) is 24.0 Å². The van der Waals surface area contributed by atoms with Crippen molar-refractivity contribution in [1.82, 2.24) is 14.5 Å². The van der Waals surface area contributed by atoms with Gasteiger partial charge in [0.1, 0.15) is 0 Å². The molecule has 1 unspecified atom stereocenters. The van der Waals surface area contributed by atoms with E-state index in [1.807, 2.05) is 19.2 Å². The number of sulfonamides is 1. The SMILES string of the molecule is CN1CCCC(N(C)S(=O)(=O)c2ccc3c(c2)CNC3)C1. The molecule has 0 amide bonds. The van der Waals surface area contributed by atoms with Crippen molar-refractivity contribution in [2.24, 2.45) is 0 Å². The van der Waals surface area contributed by atoms with Crippen molar-refractivity contribution in [2.75, 3.05) is 27.2 Å². The van der Waals surface area contributed by atoms with Crippen LogP contribution in [0.5, 0.6) is 0 Å². The van der Waals surface area contributed by atoms with Crippen molar-refractivity contribution < 1.29 is 8.42 Å². The van der Waals surface area contributed by atoms with Crippen molar-refractivity contribution in [1.29, 1.82) is 0 Å². The van der Waals surface area contributed by atoms with E-state index >= 15 is 0 Å². The molecule has 5 nitrogen and oxygen atoms in total. The normalized spacial score (nSPS) is 23.5. The first-order chi connectivity index (χ1) is 9.98. The first-order valence-electron chi connectivity index (χ1n) is 7.47. The van der Waals surface area contributed by atoms with Crippen LogP contribution in [0, 0.1) is 0 Å². The molecule has 0 bridgehead atoms. The van der Waals surface area contributed by atoms with Gasteiger partial charge < -0.3 is 10.2 Å². The first-order valence-corrected chi connectivity index (χ1v) is 8.91. The van der Waals surface area contributed by atoms with Crippen molar-refractivity contribution >= 4 is 10.0 Å². The Morgan fingerprint density at radius 2 is 2.05 bits per heavy atom. The smallest absolute Gasteiger partial charge is 0.243 e. The lowest BCUT2D eigenvalue weighted by atomic mass is 10.1. The fourth-order valence-electron chi connectivity index (χ4n) is 3.23. The van der Waals surface area contributed by atoms with Crippen LogP contribution in [-0.4, -0.2) is 50.8 Å². The van der Waals surface area contributed by atoms with E-state index in [9.17, 15) is 8.42 Å². The average Bonchev–Trinajstić information content (AvgIpc) is 2.93. The van der Waals surface area contributed by atoms with Gasteiger partial charge in [-0.05, 0) is 49.7 Å². The van der Waals surface area contributed by atoms with Crippen molar-refractivity contribution in [3.05, 3.63) is 29.3 Å². The molecular formula is C15H23N3O2S. The number of benzene rings is 1. The van der Waals surface area contributed by atoms with Crippen molar-refractivity contribution in [3.8, 4) is 0 Å². The van der Waals surface area contributed by atoms with Crippen LogP contribution in [0.25, 0.3) is 0 Å². The van der Waals surface area contributed by atoms with Gasteiger partial charge in [-0.15, -0.1) is 0 Å². The molecule has 1 aromatic rings. The van der Waals surface area contributed by atoms with Gasteiger partial charge in [0.15, 0.2) is 0 Å². The summed E-state index contributed by atoms with van der Waals surface area (Å²) >= 11 is 0. The third-order valence-corrected chi connectivity index (χ3v) is 6.51. The highest BCUT2D eigenvalue weighted by Gasteiger charge is 2.31. The van der Waals surface area contributed by atoms with E-state index in [2.05, 4.69) is 10.2 Å². The molecule has 2 aliphatic rings. The maximum absolute atomic E-state index is 12.8. The molecule has 0 aliphatic carbocycles. The van der Waals surface area contributed by atoms with Crippen LogP contribution in [-0.2, 0) is 23.1 Å². The fraction of sp³-hybridized carbons (Fsp3) is 0.600. The molecule has 1 aromatic carbocycles. The lowest BCUT2D eigenvalue weighted by molar-refractivity contribution is 0.187. The molecule has 1 saturated heterocycles. The molecule has 116 valence electrons. The highest BCUT2D eigenvalue weighted by molar-refractivity contribution is 7.89. The third kappa shape index (κ3) is 2.85. The summed E-state index contributed by atoms with van der Waals surface area (Å²) in [4.78, 5) is 2.62. The fourth-order valence-corrected chi connectivity index (χ4v) is 4.66. The van der Waals surface area contributed by atoms with Crippen LogP contribution in [0.15, 0.2) is 23.1 Å². The van der Waals surface area contributed by atoms with Gasteiger partial charge >= 0.3 is 0 Å². The molecule has 0 aromatic heterocycles. The number of hydrogen-bond acceptors (Lipinski definition) is 4. The predicted octanol–water partition coefficient (Wildman–Crippen LogP) is 1.00. The minimum atomic E-state index is -3.40. The maximum atomic E-state index is 12.8. The van der Waals surface area contributed by atoms with E-state index in [1.54, 1.807) is 17.4 Å². The lowest BCUT2D eigenvalue weighted by Gasteiger charge is -2.35. The second-order valence-corrected chi connectivity index (χ2v) is 8.11. The Kier molecular flexibility index (Phi) is 4.05. The third-order valence-electron chi connectivity index (χ3n) is 4.60. The zero-order chi connectivity index (χ0) is 15.0. The summed E-state index contributed by atoms with van der Waals surface area (Å²) < 4.78 is 27.2. The molecule has 0 radical (unpaired) electrons. The van der Waals surface area contributed by atoms with Crippen LogP contribution >= 0.6 is 0 Å². The minimum Gasteiger partial charge on any atom is -0.309 e. The Labute approximate surface area is 127 Å². The summed E-state index contributed by atoms with van der Waals surface area (Å²) in [6.07, 6.45) is 1.99. The van der Waals surface area contributed by atoms with Crippen LogP contribution in [0.4, 0.5) is 0 Å². The number of likely N-dealkylation sites (tertiary alicyclic amines) is 1. The number of likely N-dealkylation sites (N-methyl/N-ethyl adjacent to an activating group) is 2. The predicted molar refractivity (Wildman–Crippen MR) is 82.5 cm³/mol. The number of fused-ring (bicyclic) bond motifs is 1. The van der Waals surface area contributed by atoms with Gasteiger partial charge in [0.05, 0.1) is 4.90 Å². The van der Waals surface area contributed by atoms with E-state index in [1.165, 1.54) is 5.56 Å². The number of rotatable bonds is 3. The molecule has 0 saturated carbocycles. The molecule has 21 heavy (non-hydrogen) atoms. The Morgan fingerprint density at radius 1 is 1.29 bits per heavy atom. The summed E-state index contributed by atoms with van der Waals surface area (Å²) in [6.45, 7) is 3.45. The van der Waals surface area contributed by atoms with E-state index in [0.29, 0.717) is 4.90 Å².